The second kappa shape index (κ2) is 7.00. The van der Waals surface area contributed by atoms with E-state index in [1.54, 1.807) is 0 Å². The van der Waals surface area contributed by atoms with Crippen LogP contribution in [0.1, 0.15) is 65.2 Å². The van der Waals surface area contributed by atoms with Crippen LogP contribution in [-0.2, 0) is 9.53 Å². The van der Waals surface area contributed by atoms with E-state index < -0.39 is 12.6 Å². The highest BCUT2D eigenvalue weighted by molar-refractivity contribution is 5.70. The topological polar surface area (TPSA) is 46.5 Å². The quantitative estimate of drug-likeness (QED) is 0.771. The maximum atomic E-state index is 11.2. The Morgan fingerprint density at radius 1 is 1.24 bits per heavy atom. The van der Waals surface area contributed by atoms with Crippen LogP contribution < -0.4 is 0 Å². The van der Waals surface area contributed by atoms with E-state index >= 15 is 0 Å². The SMILES string of the molecule is CCC(OC(=O)CO)C1(C)CCCCCCC1. The van der Waals surface area contributed by atoms with Gasteiger partial charge in [0.15, 0.2) is 0 Å². The standard InChI is InChI=1S/C14H26O3/c1-3-12(17-13(16)11-15)14(2)9-7-5-4-6-8-10-14/h12,15H,3-11H2,1-2H3. The summed E-state index contributed by atoms with van der Waals surface area (Å²) in [6.07, 6.45) is 9.42. The molecule has 0 bridgehead atoms. The van der Waals surface area contributed by atoms with E-state index in [1.165, 1.54) is 32.1 Å². The lowest BCUT2D eigenvalue weighted by Crippen LogP contribution is -2.37. The van der Waals surface area contributed by atoms with Crippen molar-refractivity contribution in [3.63, 3.8) is 0 Å². The first kappa shape index (κ1) is 14.5. The van der Waals surface area contributed by atoms with E-state index in [-0.39, 0.29) is 11.5 Å². The average molecular weight is 242 g/mol. The van der Waals surface area contributed by atoms with Gasteiger partial charge in [-0.15, -0.1) is 0 Å². The maximum absolute atomic E-state index is 11.2. The number of hydrogen-bond acceptors (Lipinski definition) is 3. The minimum Gasteiger partial charge on any atom is -0.460 e. The number of esters is 1. The van der Waals surface area contributed by atoms with Crippen LogP contribution in [0.2, 0.25) is 0 Å². The van der Waals surface area contributed by atoms with Crippen molar-refractivity contribution in [2.75, 3.05) is 6.61 Å². The number of rotatable bonds is 4. The lowest BCUT2D eigenvalue weighted by Gasteiger charge is -2.38. The largest absolute Gasteiger partial charge is 0.460 e. The molecule has 0 aromatic heterocycles. The van der Waals surface area contributed by atoms with Crippen molar-refractivity contribution in [3.05, 3.63) is 0 Å². The molecule has 0 aromatic carbocycles. The maximum Gasteiger partial charge on any atom is 0.332 e. The Morgan fingerprint density at radius 2 is 1.76 bits per heavy atom. The van der Waals surface area contributed by atoms with Gasteiger partial charge in [0, 0.05) is 5.41 Å². The smallest absolute Gasteiger partial charge is 0.332 e. The van der Waals surface area contributed by atoms with Crippen molar-refractivity contribution in [3.8, 4) is 0 Å². The lowest BCUT2D eigenvalue weighted by molar-refractivity contribution is -0.160. The Morgan fingerprint density at radius 3 is 2.24 bits per heavy atom. The molecule has 1 N–H and O–H groups in total. The fraction of sp³-hybridized carbons (Fsp3) is 0.929. The van der Waals surface area contributed by atoms with Crippen molar-refractivity contribution < 1.29 is 14.6 Å². The monoisotopic (exact) mass is 242 g/mol. The second-order valence-electron chi connectivity index (χ2n) is 5.47. The molecule has 1 rings (SSSR count). The molecule has 0 heterocycles. The van der Waals surface area contributed by atoms with Gasteiger partial charge in [-0.3, -0.25) is 0 Å². The highest BCUT2D eigenvalue weighted by Crippen LogP contribution is 2.39. The van der Waals surface area contributed by atoms with Crippen molar-refractivity contribution in [2.24, 2.45) is 5.41 Å². The minimum atomic E-state index is -0.507. The molecule has 0 aliphatic heterocycles. The highest BCUT2D eigenvalue weighted by atomic mass is 16.6. The molecule has 100 valence electrons. The zero-order chi connectivity index (χ0) is 12.7. The molecule has 0 saturated heterocycles. The first-order chi connectivity index (χ1) is 8.12. The molecule has 0 radical (unpaired) electrons. The van der Waals surface area contributed by atoms with Crippen LogP contribution in [0.4, 0.5) is 0 Å². The van der Waals surface area contributed by atoms with E-state index in [0.717, 1.165) is 19.3 Å². The molecule has 0 amide bonds. The summed E-state index contributed by atoms with van der Waals surface area (Å²) < 4.78 is 5.40. The number of carbonyl (C=O) groups is 1. The van der Waals surface area contributed by atoms with Crippen LogP contribution in [-0.4, -0.2) is 23.8 Å². The van der Waals surface area contributed by atoms with E-state index in [2.05, 4.69) is 13.8 Å². The Hall–Kier alpha value is -0.570. The van der Waals surface area contributed by atoms with Crippen molar-refractivity contribution in [1.82, 2.24) is 0 Å². The van der Waals surface area contributed by atoms with E-state index in [9.17, 15) is 4.79 Å². The number of hydrogen-bond donors (Lipinski definition) is 1. The number of carbonyl (C=O) groups excluding carboxylic acids is 1. The van der Waals surface area contributed by atoms with Gasteiger partial charge in [-0.25, -0.2) is 4.79 Å². The molecule has 0 spiro atoms. The molecule has 17 heavy (non-hydrogen) atoms. The van der Waals surface area contributed by atoms with Gasteiger partial charge >= 0.3 is 5.97 Å². The summed E-state index contributed by atoms with van der Waals surface area (Å²) in [6.45, 7) is 3.78. The molecular weight excluding hydrogens is 216 g/mol. The molecule has 3 nitrogen and oxygen atoms in total. The molecule has 1 aliphatic carbocycles. The summed E-state index contributed by atoms with van der Waals surface area (Å²) in [5, 5.41) is 8.79. The van der Waals surface area contributed by atoms with Gasteiger partial charge in [0.25, 0.3) is 0 Å². The minimum absolute atomic E-state index is 0.0414. The predicted octanol–water partition coefficient (Wildman–Crippen LogP) is 3.05. The summed E-state index contributed by atoms with van der Waals surface area (Å²) in [6, 6.07) is 0. The molecule has 1 unspecified atom stereocenters. The zero-order valence-corrected chi connectivity index (χ0v) is 11.2. The Labute approximate surface area is 105 Å². The van der Waals surface area contributed by atoms with Gasteiger partial charge in [-0.1, -0.05) is 46.0 Å². The van der Waals surface area contributed by atoms with Crippen LogP contribution in [0, 0.1) is 5.41 Å². The van der Waals surface area contributed by atoms with Crippen molar-refractivity contribution in [2.45, 2.75) is 71.3 Å². The number of aliphatic hydroxyl groups is 1. The van der Waals surface area contributed by atoms with Gasteiger partial charge in [0.2, 0.25) is 0 Å². The number of ether oxygens (including phenoxy) is 1. The third-order valence-corrected chi connectivity index (χ3v) is 4.05. The Kier molecular flexibility index (Phi) is 5.96. The third-order valence-electron chi connectivity index (χ3n) is 4.05. The van der Waals surface area contributed by atoms with Gasteiger partial charge in [0.1, 0.15) is 12.7 Å². The summed E-state index contributed by atoms with van der Waals surface area (Å²) >= 11 is 0. The summed E-state index contributed by atoms with van der Waals surface area (Å²) in [5.74, 6) is -0.486. The van der Waals surface area contributed by atoms with Gasteiger partial charge in [-0.05, 0) is 19.3 Å². The molecule has 1 saturated carbocycles. The Bertz CT molecular complexity index is 230. The van der Waals surface area contributed by atoms with Crippen LogP contribution in [0.15, 0.2) is 0 Å². The van der Waals surface area contributed by atoms with Crippen molar-refractivity contribution >= 4 is 5.97 Å². The Balaban J connectivity index is 2.64. The normalized spacial score (nSPS) is 22.3. The molecule has 1 fully saturated rings. The van der Waals surface area contributed by atoms with E-state index in [1.807, 2.05) is 0 Å². The molecular formula is C14H26O3. The molecule has 0 aromatic rings. The van der Waals surface area contributed by atoms with Gasteiger partial charge in [0.05, 0.1) is 0 Å². The first-order valence-electron chi connectivity index (χ1n) is 6.92. The van der Waals surface area contributed by atoms with Gasteiger partial charge in [-0.2, -0.15) is 0 Å². The van der Waals surface area contributed by atoms with Gasteiger partial charge < -0.3 is 9.84 Å². The summed E-state index contributed by atoms with van der Waals surface area (Å²) in [4.78, 5) is 11.2. The number of aliphatic hydroxyl groups excluding tert-OH is 1. The van der Waals surface area contributed by atoms with Crippen LogP contribution in [0.25, 0.3) is 0 Å². The van der Waals surface area contributed by atoms with E-state index in [0.29, 0.717) is 0 Å². The second-order valence-corrected chi connectivity index (χ2v) is 5.47. The van der Waals surface area contributed by atoms with Crippen molar-refractivity contribution in [1.29, 1.82) is 0 Å². The summed E-state index contributed by atoms with van der Waals surface area (Å²) in [5.41, 5.74) is 0.0972. The van der Waals surface area contributed by atoms with Crippen LogP contribution in [0.5, 0.6) is 0 Å². The summed E-state index contributed by atoms with van der Waals surface area (Å²) in [7, 11) is 0. The average Bonchev–Trinajstić information content (AvgIpc) is 2.30. The van der Waals surface area contributed by atoms with E-state index in [4.69, 9.17) is 9.84 Å². The molecule has 3 heteroatoms. The fourth-order valence-electron chi connectivity index (χ4n) is 2.95. The highest BCUT2D eigenvalue weighted by Gasteiger charge is 2.35. The molecule has 1 atom stereocenters. The fourth-order valence-corrected chi connectivity index (χ4v) is 2.95. The predicted molar refractivity (Wildman–Crippen MR) is 67.7 cm³/mol. The van der Waals surface area contributed by atoms with Crippen LogP contribution >= 0.6 is 0 Å². The first-order valence-corrected chi connectivity index (χ1v) is 6.92. The lowest BCUT2D eigenvalue weighted by atomic mass is 9.73. The third kappa shape index (κ3) is 4.30. The zero-order valence-electron chi connectivity index (χ0n) is 11.2. The van der Waals surface area contributed by atoms with Crippen LogP contribution in [0.3, 0.4) is 0 Å². The molecule has 1 aliphatic rings.